The van der Waals surface area contributed by atoms with Crippen LogP contribution < -0.4 is 0 Å². The minimum Gasteiger partial charge on any atom is -0.479 e. The van der Waals surface area contributed by atoms with E-state index in [0.717, 1.165) is 0 Å². The van der Waals surface area contributed by atoms with Gasteiger partial charge in [-0.3, -0.25) is 0 Å². The Morgan fingerprint density at radius 1 is 1.08 bits per heavy atom. The standard InChI is InChI=1S/C6H12O7/c7-1-2(8)3(9)4(10)5(11)6(12)13/h2-5,7-11H,1H2,(H,12,13)/t2-,3+,4+,5-/m1/s1. The average molecular weight is 196 g/mol. The molecule has 0 aromatic rings. The van der Waals surface area contributed by atoms with E-state index in [4.69, 9.17) is 30.6 Å². The maximum absolute atomic E-state index is 10.1. The van der Waals surface area contributed by atoms with Gasteiger partial charge < -0.3 is 30.6 Å². The predicted molar refractivity (Wildman–Crippen MR) is 38.7 cm³/mol. The molecule has 0 heterocycles. The van der Waals surface area contributed by atoms with Gasteiger partial charge in [-0.05, 0) is 0 Å². The van der Waals surface area contributed by atoms with Crippen LogP contribution in [0.5, 0.6) is 0 Å². The molecule has 6 N–H and O–H groups in total. The van der Waals surface area contributed by atoms with E-state index >= 15 is 0 Å². The minimum atomic E-state index is -2.20. The molecule has 7 nitrogen and oxygen atoms in total. The normalized spacial score (nSPS) is 20.4. The van der Waals surface area contributed by atoms with Crippen LogP contribution in [0.25, 0.3) is 0 Å². The Morgan fingerprint density at radius 3 is 1.85 bits per heavy atom. The number of aliphatic hydroxyl groups is 5. The zero-order valence-electron chi connectivity index (χ0n) is 6.61. The van der Waals surface area contributed by atoms with E-state index in [9.17, 15) is 4.79 Å². The Kier molecular flexibility index (Phi) is 4.81. The first-order chi connectivity index (χ1) is 5.91. The van der Waals surface area contributed by atoms with Gasteiger partial charge in [0, 0.05) is 0 Å². The molecule has 0 saturated carbocycles. The molecule has 0 radical (unpaired) electrons. The van der Waals surface area contributed by atoms with Crippen LogP contribution in [0.2, 0.25) is 0 Å². The number of carbonyl (C=O) groups is 1. The van der Waals surface area contributed by atoms with Crippen molar-refractivity contribution < 1.29 is 35.4 Å². The Labute approximate surface area is 73.5 Å². The molecule has 0 aliphatic rings. The molecular formula is C6H12O7. The molecular weight excluding hydrogens is 184 g/mol. The number of aliphatic carboxylic acids is 1. The molecule has 4 atom stereocenters. The van der Waals surface area contributed by atoms with Gasteiger partial charge in [0.25, 0.3) is 0 Å². The number of carboxylic acids is 1. The maximum atomic E-state index is 10.1. The Hall–Kier alpha value is -0.730. The highest BCUT2D eigenvalue weighted by Gasteiger charge is 2.33. The summed E-state index contributed by atoms with van der Waals surface area (Å²) in [7, 11) is 0. The molecule has 0 aliphatic carbocycles. The molecule has 0 saturated heterocycles. The minimum absolute atomic E-state index is 0.843. The van der Waals surface area contributed by atoms with Gasteiger partial charge in [0.15, 0.2) is 6.10 Å². The summed E-state index contributed by atoms with van der Waals surface area (Å²) >= 11 is 0. The highest BCUT2D eigenvalue weighted by Crippen LogP contribution is 2.04. The largest absolute Gasteiger partial charge is 0.479 e. The highest BCUT2D eigenvalue weighted by molar-refractivity contribution is 5.72. The Morgan fingerprint density at radius 2 is 1.54 bits per heavy atom. The van der Waals surface area contributed by atoms with E-state index in [1.165, 1.54) is 0 Å². The van der Waals surface area contributed by atoms with E-state index in [0.29, 0.717) is 0 Å². The van der Waals surface area contributed by atoms with Crippen LogP contribution in [0.1, 0.15) is 0 Å². The second kappa shape index (κ2) is 5.10. The molecule has 0 bridgehead atoms. The molecule has 0 unspecified atom stereocenters. The van der Waals surface area contributed by atoms with Gasteiger partial charge >= 0.3 is 5.97 Å². The summed E-state index contributed by atoms with van der Waals surface area (Å²) in [5.41, 5.74) is 0. The molecule has 0 spiro atoms. The lowest BCUT2D eigenvalue weighted by molar-refractivity contribution is -0.164. The molecule has 0 rings (SSSR count). The fourth-order valence-electron chi connectivity index (χ4n) is 0.668. The van der Waals surface area contributed by atoms with Gasteiger partial charge in [-0.25, -0.2) is 4.79 Å². The van der Waals surface area contributed by atoms with Crippen LogP contribution in [0, 0.1) is 0 Å². The third-order valence-electron chi connectivity index (χ3n) is 1.51. The monoisotopic (exact) mass is 196 g/mol. The van der Waals surface area contributed by atoms with E-state index in [1.54, 1.807) is 0 Å². The summed E-state index contributed by atoms with van der Waals surface area (Å²) < 4.78 is 0. The number of hydrogen-bond acceptors (Lipinski definition) is 6. The number of carboxylic acid groups (broad SMARTS) is 1. The predicted octanol–water partition coefficient (Wildman–Crippen LogP) is -3.49. The summed E-state index contributed by atoms with van der Waals surface area (Å²) in [4.78, 5) is 10.1. The van der Waals surface area contributed by atoms with Crippen molar-refractivity contribution in [3.63, 3.8) is 0 Å². The van der Waals surface area contributed by atoms with Crippen LogP contribution in [0.4, 0.5) is 0 Å². The van der Waals surface area contributed by atoms with Crippen LogP contribution in [-0.2, 0) is 4.79 Å². The summed E-state index contributed by atoms with van der Waals surface area (Å²) in [6.07, 6.45) is -7.84. The molecule has 0 aromatic heterocycles. The quantitative estimate of drug-likeness (QED) is 0.268. The van der Waals surface area contributed by atoms with Crippen molar-refractivity contribution in [2.45, 2.75) is 24.4 Å². The second-order valence-corrected chi connectivity index (χ2v) is 2.51. The van der Waals surface area contributed by atoms with Crippen molar-refractivity contribution in [1.29, 1.82) is 0 Å². The highest BCUT2D eigenvalue weighted by atomic mass is 16.4. The van der Waals surface area contributed by atoms with Gasteiger partial charge in [0.2, 0.25) is 0 Å². The first-order valence-electron chi connectivity index (χ1n) is 3.47. The SMILES string of the molecule is O=C(O)[C@H](O)[C@@H](O)[C@@H](O)[C@H](O)CO. The van der Waals surface area contributed by atoms with E-state index in [2.05, 4.69) is 0 Å². The van der Waals surface area contributed by atoms with Crippen molar-refractivity contribution in [3.05, 3.63) is 0 Å². The van der Waals surface area contributed by atoms with E-state index in [1.807, 2.05) is 0 Å². The fraction of sp³-hybridized carbons (Fsp3) is 0.833. The summed E-state index contributed by atoms with van der Waals surface area (Å²) in [5, 5.41) is 51.8. The first kappa shape index (κ1) is 12.3. The Bertz CT molecular complexity index is 170. The van der Waals surface area contributed by atoms with Crippen LogP contribution >= 0.6 is 0 Å². The van der Waals surface area contributed by atoms with E-state index < -0.39 is 37.0 Å². The molecule has 7 heteroatoms. The molecule has 0 aromatic carbocycles. The van der Waals surface area contributed by atoms with Crippen molar-refractivity contribution in [1.82, 2.24) is 0 Å². The van der Waals surface area contributed by atoms with Gasteiger partial charge in [-0.2, -0.15) is 0 Å². The Balaban J connectivity index is 4.24. The zero-order chi connectivity index (χ0) is 10.6. The van der Waals surface area contributed by atoms with Crippen LogP contribution in [0.15, 0.2) is 0 Å². The summed E-state index contributed by atoms with van der Waals surface area (Å²) in [6.45, 7) is -0.843. The van der Waals surface area contributed by atoms with Crippen molar-refractivity contribution in [2.75, 3.05) is 6.61 Å². The fourth-order valence-corrected chi connectivity index (χ4v) is 0.668. The van der Waals surface area contributed by atoms with Gasteiger partial charge in [0.1, 0.15) is 18.3 Å². The zero-order valence-corrected chi connectivity index (χ0v) is 6.61. The van der Waals surface area contributed by atoms with Crippen LogP contribution in [-0.4, -0.2) is 67.6 Å². The average Bonchev–Trinajstić information content (AvgIpc) is 2.12. The van der Waals surface area contributed by atoms with E-state index in [-0.39, 0.29) is 0 Å². The molecule has 0 aliphatic heterocycles. The third-order valence-corrected chi connectivity index (χ3v) is 1.51. The second-order valence-electron chi connectivity index (χ2n) is 2.51. The molecule has 0 amide bonds. The molecule has 0 fully saturated rings. The molecule has 78 valence electrons. The lowest BCUT2D eigenvalue weighted by Crippen LogP contribution is -2.48. The summed E-state index contributed by atoms with van der Waals surface area (Å²) in [6, 6.07) is 0. The maximum Gasteiger partial charge on any atom is 0.335 e. The van der Waals surface area contributed by atoms with Gasteiger partial charge in [0.05, 0.1) is 6.61 Å². The number of hydrogen-bond donors (Lipinski definition) is 6. The van der Waals surface area contributed by atoms with Gasteiger partial charge in [-0.15, -0.1) is 0 Å². The smallest absolute Gasteiger partial charge is 0.335 e. The first-order valence-corrected chi connectivity index (χ1v) is 3.47. The summed E-state index contributed by atoms with van der Waals surface area (Å²) in [5.74, 6) is -1.73. The third kappa shape index (κ3) is 3.25. The van der Waals surface area contributed by atoms with Crippen molar-refractivity contribution in [2.24, 2.45) is 0 Å². The van der Waals surface area contributed by atoms with Gasteiger partial charge in [-0.1, -0.05) is 0 Å². The van der Waals surface area contributed by atoms with Crippen LogP contribution in [0.3, 0.4) is 0 Å². The lowest BCUT2D eigenvalue weighted by Gasteiger charge is -2.23. The topological polar surface area (TPSA) is 138 Å². The molecule has 13 heavy (non-hydrogen) atoms. The number of aliphatic hydroxyl groups excluding tert-OH is 5. The van der Waals surface area contributed by atoms with Crippen molar-refractivity contribution >= 4 is 5.97 Å². The lowest BCUT2D eigenvalue weighted by atomic mass is 10.0. The number of rotatable bonds is 5. The van der Waals surface area contributed by atoms with Crippen molar-refractivity contribution in [3.8, 4) is 0 Å².